The van der Waals surface area contributed by atoms with Crippen LogP contribution >= 0.6 is 0 Å². The first-order valence-electron chi connectivity index (χ1n) is 8.41. The highest BCUT2D eigenvalue weighted by Gasteiger charge is 2.44. The van der Waals surface area contributed by atoms with Gasteiger partial charge in [0.2, 0.25) is 0 Å². The maximum absolute atomic E-state index is 10.4. The molecular formula is C20H24O5. The first-order chi connectivity index (χ1) is 12.3. The van der Waals surface area contributed by atoms with E-state index in [2.05, 4.69) is 0 Å². The molecule has 1 heterocycles. The van der Waals surface area contributed by atoms with Gasteiger partial charge in [-0.3, -0.25) is 0 Å². The summed E-state index contributed by atoms with van der Waals surface area (Å²) in [5.74, 6) is 0. The minimum absolute atomic E-state index is 0.325. The summed E-state index contributed by atoms with van der Waals surface area (Å²) in [6.45, 7) is 1.21. The van der Waals surface area contributed by atoms with Gasteiger partial charge in [0.15, 0.2) is 6.29 Å². The van der Waals surface area contributed by atoms with Gasteiger partial charge in [-0.25, -0.2) is 0 Å². The lowest BCUT2D eigenvalue weighted by molar-refractivity contribution is -0.156. The van der Waals surface area contributed by atoms with Gasteiger partial charge < -0.3 is 24.1 Å². The molecular weight excluding hydrogens is 320 g/mol. The topological polar surface area (TPSA) is 57.2 Å². The Labute approximate surface area is 148 Å². The number of hydrogen-bond donors (Lipinski definition) is 1. The summed E-state index contributed by atoms with van der Waals surface area (Å²) < 4.78 is 22.6. The lowest BCUT2D eigenvalue weighted by Gasteiger charge is -2.20. The number of hydrogen-bond acceptors (Lipinski definition) is 5. The van der Waals surface area contributed by atoms with Crippen LogP contribution in [0.1, 0.15) is 11.1 Å². The van der Waals surface area contributed by atoms with Crippen molar-refractivity contribution in [1.82, 2.24) is 0 Å². The second-order valence-electron chi connectivity index (χ2n) is 6.03. The Balaban J connectivity index is 1.55. The van der Waals surface area contributed by atoms with Crippen molar-refractivity contribution in [3.63, 3.8) is 0 Å². The van der Waals surface area contributed by atoms with E-state index in [0.717, 1.165) is 11.1 Å². The summed E-state index contributed by atoms with van der Waals surface area (Å²) in [6.07, 6.45) is -2.43. The Morgan fingerprint density at radius 2 is 1.52 bits per heavy atom. The van der Waals surface area contributed by atoms with Crippen molar-refractivity contribution in [3.8, 4) is 0 Å². The Bertz CT molecular complexity index is 618. The molecule has 1 aliphatic heterocycles. The third-order valence-corrected chi connectivity index (χ3v) is 4.20. The monoisotopic (exact) mass is 344 g/mol. The number of aliphatic hydroxyl groups is 1. The average Bonchev–Trinajstić information content (AvgIpc) is 2.97. The van der Waals surface area contributed by atoms with Gasteiger partial charge in [-0.05, 0) is 11.1 Å². The van der Waals surface area contributed by atoms with Gasteiger partial charge in [0.05, 0.1) is 19.8 Å². The summed E-state index contributed by atoms with van der Waals surface area (Å²) in [5.41, 5.74) is 2.13. The fourth-order valence-corrected chi connectivity index (χ4v) is 2.87. The summed E-state index contributed by atoms with van der Waals surface area (Å²) >= 11 is 0. The minimum Gasteiger partial charge on any atom is -0.385 e. The molecule has 0 spiro atoms. The van der Waals surface area contributed by atoms with Crippen molar-refractivity contribution < 1.29 is 24.1 Å². The normalized spacial score (nSPS) is 26.0. The first kappa shape index (κ1) is 18.0. The number of ether oxygens (including phenoxy) is 4. The van der Waals surface area contributed by atoms with E-state index in [4.69, 9.17) is 18.9 Å². The lowest BCUT2D eigenvalue weighted by atomic mass is 10.1. The summed E-state index contributed by atoms with van der Waals surface area (Å²) in [7, 11) is 1.51. The molecule has 4 atom stereocenters. The van der Waals surface area contributed by atoms with Crippen LogP contribution in [0, 0.1) is 0 Å². The highest BCUT2D eigenvalue weighted by atomic mass is 16.7. The predicted molar refractivity (Wildman–Crippen MR) is 92.8 cm³/mol. The summed E-state index contributed by atoms with van der Waals surface area (Å²) in [6, 6.07) is 19.8. The molecule has 1 unspecified atom stereocenters. The molecule has 0 saturated carbocycles. The fraction of sp³-hybridized carbons (Fsp3) is 0.400. The first-order valence-corrected chi connectivity index (χ1v) is 8.41. The number of benzene rings is 2. The van der Waals surface area contributed by atoms with Crippen LogP contribution < -0.4 is 0 Å². The van der Waals surface area contributed by atoms with Gasteiger partial charge in [0.1, 0.15) is 18.3 Å². The Kier molecular flexibility index (Phi) is 6.55. The van der Waals surface area contributed by atoms with Crippen molar-refractivity contribution in [2.75, 3.05) is 13.7 Å². The largest absolute Gasteiger partial charge is 0.385 e. The van der Waals surface area contributed by atoms with Crippen molar-refractivity contribution >= 4 is 0 Å². The summed E-state index contributed by atoms with van der Waals surface area (Å²) in [4.78, 5) is 0. The molecule has 2 aromatic rings. The third-order valence-electron chi connectivity index (χ3n) is 4.20. The van der Waals surface area contributed by atoms with Gasteiger partial charge in [-0.2, -0.15) is 0 Å². The van der Waals surface area contributed by atoms with Crippen molar-refractivity contribution in [2.24, 2.45) is 0 Å². The Morgan fingerprint density at radius 1 is 0.920 bits per heavy atom. The molecule has 0 bridgehead atoms. The molecule has 134 valence electrons. The van der Waals surface area contributed by atoms with Gasteiger partial charge in [0.25, 0.3) is 0 Å². The Morgan fingerprint density at radius 3 is 2.12 bits per heavy atom. The zero-order valence-electron chi connectivity index (χ0n) is 14.3. The van der Waals surface area contributed by atoms with E-state index in [0.29, 0.717) is 19.8 Å². The smallest absolute Gasteiger partial charge is 0.186 e. The van der Waals surface area contributed by atoms with Crippen molar-refractivity contribution in [1.29, 1.82) is 0 Å². The number of aliphatic hydroxyl groups excluding tert-OH is 1. The zero-order valence-corrected chi connectivity index (χ0v) is 14.3. The highest BCUT2D eigenvalue weighted by molar-refractivity contribution is 5.14. The molecule has 0 radical (unpaired) electrons. The molecule has 1 N–H and O–H groups in total. The molecule has 2 aromatic carbocycles. The molecule has 5 heteroatoms. The van der Waals surface area contributed by atoms with Crippen molar-refractivity contribution in [2.45, 2.75) is 37.8 Å². The van der Waals surface area contributed by atoms with Gasteiger partial charge in [-0.1, -0.05) is 60.7 Å². The van der Waals surface area contributed by atoms with E-state index in [9.17, 15) is 5.11 Å². The maximum atomic E-state index is 10.4. The second-order valence-corrected chi connectivity index (χ2v) is 6.03. The SMILES string of the molecule is CO[C@H]1O[C@H](COCc2ccccc2)[C@H](OCc2ccccc2)C1O. The van der Waals surface area contributed by atoms with E-state index in [1.54, 1.807) is 0 Å². The molecule has 1 aliphatic rings. The van der Waals surface area contributed by atoms with Crippen LogP contribution in [-0.4, -0.2) is 43.4 Å². The van der Waals surface area contributed by atoms with Crippen LogP contribution in [0.25, 0.3) is 0 Å². The molecule has 1 saturated heterocycles. The fourth-order valence-electron chi connectivity index (χ4n) is 2.87. The maximum Gasteiger partial charge on any atom is 0.186 e. The number of rotatable bonds is 8. The molecule has 5 nitrogen and oxygen atoms in total. The predicted octanol–water partition coefficient (Wildman–Crippen LogP) is 2.52. The van der Waals surface area contributed by atoms with Gasteiger partial charge in [0, 0.05) is 7.11 Å². The lowest BCUT2D eigenvalue weighted by Crippen LogP contribution is -2.37. The van der Waals surface area contributed by atoms with E-state index in [-0.39, 0.29) is 6.10 Å². The van der Waals surface area contributed by atoms with Crippen molar-refractivity contribution in [3.05, 3.63) is 71.8 Å². The standard InChI is InChI=1S/C20H24O5/c1-22-20-18(21)19(24-13-16-10-6-3-7-11-16)17(25-20)14-23-12-15-8-4-2-5-9-15/h2-11,17-21H,12-14H2,1H3/t17-,18?,19+,20+/m1/s1. The minimum atomic E-state index is -0.848. The van der Waals surface area contributed by atoms with E-state index in [1.165, 1.54) is 7.11 Å². The van der Waals surface area contributed by atoms with Crippen LogP contribution in [0.5, 0.6) is 0 Å². The van der Waals surface area contributed by atoms with Crippen LogP contribution in [0.3, 0.4) is 0 Å². The Hall–Kier alpha value is -1.76. The van der Waals surface area contributed by atoms with Crippen LogP contribution in [0.2, 0.25) is 0 Å². The second kappa shape index (κ2) is 9.08. The van der Waals surface area contributed by atoms with E-state index < -0.39 is 18.5 Å². The molecule has 0 aromatic heterocycles. The van der Waals surface area contributed by atoms with Crippen LogP contribution in [0.15, 0.2) is 60.7 Å². The van der Waals surface area contributed by atoms with E-state index >= 15 is 0 Å². The molecule has 0 aliphatic carbocycles. The molecule has 3 rings (SSSR count). The third kappa shape index (κ3) is 4.87. The average molecular weight is 344 g/mol. The summed E-state index contributed by atoms with van der Waals surface area (Å²) in [5, 5.41) is 10.4. The van der Waals surface area contributed by atoms with Gasteiger partial charge >= 0.3 is 0 Å². The highest BCUT2D eigenvalue weighted by Crippen LogP contribution is 2.26. The molecule has 25 heavy (non-hydrogen) atoms. The molecule has 1 fully saturated rings. The quantitative estimate of drug-likeness (QED) is 0.797. The van der Waals surface area contributed by atoms with Crippen LogP contribution in [-0.2, 0) is 32.2 Å². The molecule has 0 amide bonds. The van der Waals surface area contributed by atoms with E-state index in [1.807, 2.05) is 60.7 Å². The number of methoxy groups -OCH3 is 1. The zero-order chi connectivity index (χ0) is 17.5. The van der Waals surface area contributed by atoms with Crippen LogP contribution in [0.4, 0.5) is 0 Å². The van der Waals surface area contributed by atoms with Gasteiger partial charge in [-0.15, -0.1) is 0 Å².